The van der Waals surface area contributed by atoms with Crippen molar-refractivity contribution in [3.05, 3.63) is 30.1 Å². The van der Waals surface area contributed by atoms with Crippen molar-refractivity contribution in [1.82, 2.24) is 4.90 Å². The van der Waals surface area contributed by atoms with Gasteiger partial charge < -0.3 is 9.47 Å². The average Bonchev–Trinajstić information content (AvgIpc) is 2.81. The van der Waals surface area contributed by atoms with Crippen molar-refractivity contribution >= 4 is 0 Å². The number of benzene rings is 1. The minimum Gasteiger partial charge on any atom is -0.485 e. The number of nitrogens with zero attached hydrogens (tertiary/aromatic N) is 1. The van der Waals surface area contributed by atoms with E-state index in [9.17, 15) is 4.39 Å². The van der Waals surface area contributed by atoms with Crippen molar-refractivity contribution in [2.75, 3.05) is 32.8 Å². The lowest BCUT2D eigenvalue weighted by molar-refractivity contribution is 0.00711. The second kappa shape index (κ2) is 5.24. The molecule has 0 unspecified atom stereocenters. The second-order valence-corrected chi connectivity index (χ2v) is 5.12. The van der Waals surface area contributed by atoms with Crippen molar-refractivity contribution in [3.63, 3.8) is 0 Å². The fourth-order valence-corrected chi connectivity index (χ4v) is 2.56. The summed E-state index contributed by atoms with van der Waals surface area (Å²) >= 11 is 0. The van der Waals surface area contributed by atoms with E-state index in [1.54, 1.807) is 18.2 Å². The monoisotopic (exact) mass is 251 g/mol. The van der Waals surface area contributed by atoms with Gasteiger partial charge >= 0.3 is 0 Å². The summed E-state index contributed by atoms with van der Waals surface area (Å²) in [4.78, 5) is 2.35. The number of halogens is 1. The quantitative estimate of drug-likeness (QED) is 0.816. The molecule has 0 aliphatic carbocycles. The van der Waals surface area contributed by atoms with E-state index >= 15 is 0 Å². The lowest BCUT2D eigenvalue weighted by Gasteiger charge is -2.40. The molecule has 2 heterocycles. The Balaban J connectivity index is 1.43. The number of ether oxygens (including phenoxy) is 2. The molecule has 3 nitrogen and oxygen atoms in total. The van der Waals surface area contributed by atoms with Crippen molar-refractivity contribution in [2.45, 2.75) is 12.5 Å². The molecule has 0 radical (unpaired) electrons. The second-order valence-electron chi connectivity index (χ2n) is 5.12. The third-order valence-electron chi connectivity index (χ3n) is 3.59. The van der Waals surface area contributed by atoms with Gasteiger partial charge in [0.25, 0.3) is 0 Å². The molecule has 98 valence electrons. The van der Waals surface area contributed by atoms with Gasteiger partial charge in [-0.1, -0.05) is 12.1 Å². The van der Waals surface area contributed by atoms with Crippen molar-refractivity contribution in [2.24, 2.45) is 5.92 Å². The molecule has 2 fully saturated rings. The van der Waals surface area contributed by atoms with Crippen LogP contribution in [0.1, 0.15) is 6.42 Å². The lowest BCUT2D eigenvalue weighted by atomic mass is 10.0. The minimum atomic E-state index is -0.278. The van der Waals surface area contributed by atoms with Gasteiger partial charge in [0.1, 0.15) is 6.10 Å². The maximum Gasteiger partial charge on any atom is 0.165 e. The number of para-hydroxylation sites is 1. The van der Waals surface area contributed by atoms with Crippen LogP contribution in [-0.4, -0.2) is 43.9 Å². The largest absolute Gasteiger partial charge is 0.485 e. The zero-order chi connectivity index (χ0) is 12.4. The summed E-state index contributed by atoms with van der Waals surface area (Å²) in [5.41, 5.74) is 0. The molecule has 2 saturated heterocycles. The molecule has 4 heteroatoms. The Labute approximate surface area is 106 Å². The van der Waals surface area contributed by atoms with Gasteiger partial charge in [-0.3, -0.25) is 4.90 Å². The first-order chi connectivity index (χ1) is 8.81. The van der Waals surface area contributed by atoms with Crippen molar-refractivity contribution in [1.29, 1.82) is 0 Å². The van der Waals surface area contributed by atoms with Crippen LogP contribution in [0.15, 0.2) is 24.3 Å². The van der Waals surface area contributed by atoms with Gasteiger partial charge in [-0.15, -0.1) is 0 Å². The molecule has 0 N–H and O–H groups in total. The molecule has 0 bridgehead atoms. The van der Waals surface area contributed by atoms with Crippen LogP contribution in [-0.2, 0) is 4.74 Å². The lowest BCUT2D eigenvalue weighted by Crippen LogP contribution is -2.55. The highest BCUT2D eigenvalue weighted by Crippen LogP contribution is 2.23. The van der Waals surface area contributed by atoms with Gasteiger partial charge in [0.2, 0.25) is 0 Å². The Morgan fingerprint density at radius 1 is 1.33 bits per heavy atom. The molecule has 3 rings (SSSR count). The molecular weight excluding hydrogens is 233 g/mol. The highest BCUT2D eigenvalue weighted by atomic mass is 19.1. The molecule has 0 amide bonds. The average molecular weight is 251 g/mol. The number of hydrogen-bond acceptors (Lipinski definition) is 3. The fourth-order valence-electron chi connectivity index (χ4n) is 2.56. The molecule has 0 aromatic heterocycles. The molecule has 1 atom stereocenters. The Bertz CT molecular complexity index is 401. The van der Waals surface area contributed by atoms with E-state index in [4.69, 9.17) is 9.47 Å². The first-order valence-corrected chi connectivity index (χ1v) is 6.52. The molecular formula is C14H18FNO2. The Morgan fingerprint density at radius 2 is 2.17 bits per heavy atom. The highest BCUT2D eigenvalue weighted by molar-refractivity contribution is 5.24. The maximum atomic E-state index is 13.4. The van der Waals surface area contributed by atoms with Crippen LogP contribution in [0.25, 0.3) is 0 Å². The number of rotatable bonds is 4. The van der Waals surface area contributed by atoms with Crippen LogP contribution in [0, 0.1) is 11.7 Å². The van der Waals surface area contributed by atoms with Gasteiger partial charge in [-0.25, -0.2) is 4.39 Å². The minimum absolute atomic E-state index is 0.129. The highest BCUT2D eigenvalue weighted by Gasteiger charge is 2.31. The van der Waals surface area contributed by atoms with E-state index in [-0.39, 0.29) is 11.9 Å². The predicted octanol–water partition coefficient (Wildman–Crippen LogP) is 1.93. The van der Waals surface area contributed by atoms with Gasteiger partial charge in [0, 0.05) is 26.2 Å². The van der Waals surface area contributed by atoms with E-state index in [1.165, 1.54) is 6.07 Å². The summed E-state index contributed by atoms with van der Waals surface area (Å²) in [6.07, 6.45) is 1.29. The van der Waals surface area contributed by atoms with E-state index in [2.05, 4.69) is 4.90 Å². The zero-order valence-corrected chi connectivity index (χ0v) is 10.3. The number of likely N-dealkylation sites (tertiary alicyclic amines) is 1. The Kier molecular flexibility index (Phi) is 3.48. The van der Waals surface area contributed by atoms with Crippen LogP contribution >= 0.6 is 0 Å². The molecule has 2 aliphatic rings. The smallest absolute Gasteiger partial charge is 0.165 e. The SMILES string of the molecule is Fc1ccccc1OC1CN(C[C@@H]2CCOC2)C1. The molecule has 18 heavy (non-hydrogen) atoms. The summed E-state index contributed by atoms with van der Waals surface area (Å²) in [6, 6.07) is 6.59. The summed E-state index contributed by atoms with van der Waals surface area (Å²) in [5, 5.41) is 0. The summed E-state index contributed by atoms with van der Waals surface area (Å²) in [5.74, 6) is 0.755. The van der Waals surface area contributed by atoms with E-state index < -0.39 is 0 Å². The summed E-state index contributed by atoms with van der Waals surface area (Å²) in [6.45, 7) is 4.65. The normalized spacial score (nSPS) is 25.1. The third kappa shape index (κ3) is 2.65. The fraction of sp³-hybridized carbons (Fsp3) is 0.571. The predicted molar refractivity (Wildman–Crippen MR) is 66.2 cm³/mol. The maximum absolute atomic E-state index is 13.4. The van der Waals surface area contributed by atoms with Crippen LogP contribution in [0.5, 0.6) is 5.75 Å². The molecule has 1 aromatic rings. The van der Waals surface area contributed by atoms with Crippen LogP contribution < -0.4 is 4.74 Å². The standard InChI is InChI=1S/C14H18FNO2/c15-13-3-1-2-4-14(13)18-12-8-16(9-12)7-11-5-6-17-10-11/h1-4,11-12H,5-10H2/t11-/m0/s1. The van der Waals surface area contributed by atoms with Gasteiger partial charge in [0.05, 0.1) is 6.61 Å². The Morgan fingerprint density at radius 3 is 2.89 bits per heavy atom. The topological polar surface area (TPSA) is 21.7 Å². The van der Waals surface area contributed by atoms with Crippen LogP contribution in [0.2, 0.25) is 0 Å². The zero-order valence-electron chi connectivity index (χ0n) is 10.3. The van der Waals surface area contributed by atoms with Gasteiger partial charge in [0.15, 0.2) is 11.6 Å². The molecule has 1 aromatic carbocycles. The van der Waals surface area contributed by atoms with Gasteiger partial charge in [-0.05, 0) is 24.5 Å². The summed E-state index contributed by atoms with van der Waals surface area (Å²) in [7, 11) is 0. The first kappa shape index (κ1) is 11.9. The van der Waals surface area contributed by atoms with Crippen molar-refractivity contribution in [3.8, 4) is 5.75 Å². The number of hydrogen-bond donors (Lipinski definition) is 0. The van der Waals surface area contributed by atoms with E-state index in [0.717, 1.165) is 39.3 Å². The molecule has 0 spiro atoms. The van der Waals surface area contributed by atoms with Crippen LogP contribution in [0.3, 0.4) is 0 Å². The van der Waals surface area contributed by atoms with E-state index in [1.807, 2.05) is 0 Å². The van der Waals surface area contributed by atoms with Crippen molar-refractivity contribution < 1.29 is 13.9 Å². The van der Waals surface area contributed by atoms with Gasteiger partial charge in [-0.2, -0.15) is 0 Å². The van der Waals surface area contributed by atoms with E-state index in [0.29, 0.717) is 11.7 Å². The van der Waals surface area contributed by atoms with Crippen LogP contribution in [0.4, 0.5) is 4.39 Å². The third-order valence-corrected chi connectivity index (χ3v) is 3.59. The Hall–Kier alpha value is -1.13. The summed E-state index contributed by atoms with van der Waals surface area (Å²) < 4.78 is 24.4. The molecule has 2 aliphatic heterocycles. The molecule has 0 saturated carbocycles. The first-order valence-electron chi connectivity index (χ1n) is 6.52.